The van der Waals surface area contributed by atoms with Crippen LogP contribution in [0.3, 0.4) is 0 Å². The molecule has 4 rings (SSSR count). The molecule has 0 amide bonds. The van der Waals surface area contributed by atoms with Crippen molar-refractivity contribution in [1.82, 2.24) is 4.90 Å². The molecule has 112 valence electrons. The van der Waals surface area contributed by atoms with Crippen LogP contribution >= 0.6 is 0 Å². The molecule has 0 saturated heterocycles. The van der Waals surface area contributed by atoms with Gasteiger partial charge in [-0.25, -0.2) is 0 Å². The van der Waals surface area contributed by atoms with E-state index < -0.39 is 0 Å². The van der Waals surface area contributed by atoms with E-state index in [9.17, 15) is 0 Å². The molecule has 1 aromatic heterocycles. The van der Waals surface area contributed by atoms with E-state index in [1.54, 1.807) is 0 Å². The van der Waals surface area contributed by atoms with Crippen LogP contribution < -0.4 is 5.73 Å². The first-order valence-electron chi connectivity index (χ1n) is 8.25. The molecule has 1 atom stereocenters. The maximum Gasteiger partial charge on any atom is 0.134 e. The van der Waals surface area contributed by atoms with Crippen molar-refractivity contribution < 1.29 is 4.42 Å². The average molecular weight is 284 g/mol. The van der Waals surface area contributed by atoms with Crippen LogP contribution in [0.5, 0.6) is 0 Å². The molecule has 2 aliphatic rings. The van der Waals surface area contributed by atoms with Crippen LogP contribution in [0.4, 0.5) is 0 Å². The molecule has 2 fully saturated rings. The third-order valence-electron chi connectivity index (χ3n) is 4.91. The Bertz CT molecular complexity index is 598. The standard InChI is InChI=1S/C18H24N2O/c19-9-17(16-12-21-18-4-2-1-3-15(16)18)20(10-13-5-6-13)11-14-7-8-14/h1-4,12-14,17H,5-11,19H2. The molecule has 2 saturated carbocycles. The number of hydrogen-bond donors (Lipinski definition) is 1. The van der Waals surface area contributed by atoms with Crippen LogP contribution in [-0.2, 0) is 0 Å². The van der Waals surface area contributed by atoms with E-state index in [0.29, 0.717) is 12.6 Å². The fraction of sp³-hybridized carbons (Fsp3) is 0.556. The second-order valence-corrected chi connectivity index (χ2v) is 6.78. The lowest BCUT2D eigenvalue weighted by molar-refractivity contribution is 0.185. The van der Waals surface area contributed by atoms with E-state index in [1.807, 2.05) is 18.4 Å². The number of para-hydroxylation sites is 1. The van der Waals surface area contributed by atoms with Gasteiger partial charge in [0.1, 0.15) is 5.58 Å². The van der Waals surface area contributed by atoms with Gasteiger partial charge in [-0.1, -0.05) is 18.2 Å². The molecule has 3 nitrogen and oxygen atoms in total. The first-order chi connectivity index (χ1) is 10.3. The number of benzene rings is 1. The highest BCUT2D eigenvalue weighted by molar-refractivity contribution is 5.81. The molecule has 2 N–H and O–H groups in total. The Morgan fingerprint density at radius 1 is 1.10 bits per heavy atom. The Balaban J connectivity index is 1.63. The molecule has 1 aromatic carbocycles. The molecule has 2 aromatic rings. The first-order valence-corrected chi connectivity index (χ1v) is 8.25. The van der Waals surface area contributed by atoms with Crippen molar-refractivity contribution in [3.8, 4) is 0 Å². The SMILES string of the molecule is NCC(c1coc2ccccc12)N(CC1CC1)CC1CC1. The topological polar surface area (TPSA) is 42.4 Å². The summed E-state index contributed by atoms with van der Waals surface area (Å²) in [5.74, 6) is 1.80. The zero-order chi connectivity index (χ0) is 14.2. The Kier molecular flexibility index (Phi) is 3.48. The molecule has 0 radical (unpaired) electrons. The fourth-order valence-electron chi connectivity index (χ4n) is 3.32. The van der Waals surface area contributed by atoms with Crippen LogP contribution in [-0.4, -0.2) is 24.5 Å². The lowest BCUT2D eigenvalue weighted by atomic mass is 10.0. The van der Waals surface area contributed by atoms with Gasteiger partial charge in [-0.15, -0.1) is 0 Å². The van der Waals surface area contributed by atoms with Crippen molar-refractivity contribution in [3.05, 3.63) is 36.1 Å². The molecule has 0 spiro atoms. The molecule has 0 bridgehead atoms. The maximum atomic E-state index is 6.16. The Labute approximate surface area is 126 Å². The molecule has 2 aliphatic carbocycles. The molecule has 1 heterocycles. The predicted molar refractivity (Wildman–Crippen MR) is 85.0 cm³/mol. The molecule has 1 unspecified atom stereocenters. The van der Waals surface area contributed by atoms with Crippen LogP contribution in [0.2, 0.25) is 0 Å². The number of nitrogens with two attached hydrogens (primary N) is 1. The van der Waals surface area contributed by atoms with Crippen molar-refractivity contribution in [3.63, 3.8) is 0 Å². The van der Waals surface area contributed by atoms with Gasteiger partial charge in [-0.2, -0.15) is 0 Å². The number of nitrogens with zero attached hydrogens (tertiary/aromatic N) is 1. The van der Waals surface area contributed by atoms with Crippen LogP contribution in [0.15, 0.2) is 34.9 Å². The maximum absolute atomic E-state index is 6.16. The second-order valence-electron chi connectivity index (χ2n) is 6.78. The van der Waals surface area contributed by atoms with Gasteiger partial charge in [0.15, 0.2) is 0 Å². The minimum Gasteiger partial charge on any atom is -0.464 e. The second kappa shape index (κ2) is 5.47. The largest absolute Gasteiger partial charge is 0.464 e. The molecular formula is C18H24N2O. The third-order valence-corrected chi connectivity index (χ3v) is 4.91. The van der Waals surface area contributed by atoms with E-state index in [2.05, 4.69) is 17.0 Å². The van der Waals surface area contributed by atoms with E-state index in [0.717, 1.165) is 17.4 Å². The van der Waals surface area contributed by atoms with Gasteiger partial charge in [-0.05, 0) is 43.6 Å². The zero-order valence-corrected chi connectivity index (χ0v) is 12.5. The summed E-state index contributed by atoms with van der Waals surface area (Å²) < 4.78 is 5.74. The Morgan fingerprint density at radius 3 is 2.38 bits per heavy atom. The summed E-state index contributed by atoms with van der Waals surface area (Å²) in [6.07, 6.45) is 7.50. The predicted octanol–water partition coefficient (Wildman–Crippen LogP) is 3.55. The molecular weight excluding hydrogens is 260 g/mol. The highest BCUT2D eigenvalue weighted by Crippen LogP contribution is 2.38. The number of hydrogen-bond acceptors (Lipinski definition) is 3. The number of furan rings is 1. The van der Waals surface area contributed by atoms with Crippen molar-refractivity contribution in [1.29, 1.82) is 0 Å². The first kappa shape index (κ1) is 13.4. The minimum absolute atomic E-state index is 0.301. The van der Waals surface area contributed by atoms with Crippen LogP contribution in [0.1, 0.15) is 37.3 Å². The Morgan fingerprint density at radius 2 is 1.76 bits per heavy atom. The van der Waals surface area contributed by atoms with Crippen molar-refractivity contribution >= 4 is 11.0 Å². The van der Waals surface area contributed by atoms with E-state index >= 15 is 0 Å². The highest BCUT2D eigenvalue weighted by atomic mass is 16.3. The van der Waals surface area contributed by atoms with Gasteiger partial charge in [0.2, 0.25) is 0 Å². The van der Waals surface area contributed by atoms with Crippen molar-refractivity contribution in [2.45, 2.75) is 31.7 Å². The lowest BCUT2D eigenvalue weighted by Gasteiger charge is -2.30. The monoisotopic (exact) mass is 284 g/mol. The van der Waals surface area contributed by atoms with Crippen LogP contribution in [0, 0.1) is 11.8 Å². The van der Waals surface area contributed by atoms with E-state index in [1.165, 1.54) is 49.7 Å². The summed E-state index contributed by atoms with van der Waals surface area (Å²) in [6.45, 7) is 3.08. The summed E-state index contributed by atoms with van der Waals surface area (Å²) in [5, 5.41) is 1.23. The van der Waals surface area contributed by atoms with Gasteiger partial charge in [-0.3, -0.25) is 4.90 Å². The zero-order valence-electron chi connectivity index (χ0n) is 12.5. The van der Waals surface area contributed by atoms with Crippen molar-refractivity contribution in [2.75, 3.05) is 19.6 Å². The van der Waals surface area contributed by atoms with Gasteiger partial charge >= 0.3 is 0 Å². The fourth-order valence-corrected chi connectivity index (χ4v) is 3.32. The normalized spacial score (nSPS) is 20.3. The summed E-state index contributed by atoms with van der Waals surface area (Å²) in [4.78, 5) is 2.63. The number of rotatable bonds is 7. The van der Waals surface area contributed by atoms with Gasteiger partial charge in [0, 0.05) is 30.6 Å². The van der Waals surface area contributed by atoms with Gasteiger partial charge in [0.05, 0.1) is 12.3 Å². The van der Waals surface area contributed by atoms with Crippen molar-refractivity contribution in [2.24, 2.45) is 17.6 Å². The van der Waals surface area contributed by atoms with Gasteiger partial charge in [0.25, 0.3) is 0 Å². The summed E-state index contributed by atoms with van der Waals surface area (Å²) in [5.41, 5.74) is 8.41. The van der Waals surface area contributed by atoms with Gasteiger partial charge < -0.3 is 10.2 Å². The number of fused-ring (bicyclic) bond motifs is 1. The third kappa shape index (κ3) is 2.85. The quantitative estimate of drug-likeness (QED) is 0.845. The van der Waals surface area contributed by atoms with Crippen LogP contribution in [0.25, 0.3) is 11.0 Å². The lowest BCUT2D eigenvalue weighted by Crippen LogP contribution is -2.36. The van der Waals surface area contributed by atoms with E-state index in [4.69, 9.17) is 10.2 Å². The molecule has 0 aliphatic heterocycles. The highest BCUT2D eigenvalue weighted by Gasteiger charge is 2.33. The van der Waals surface area contributed by atoms with E-state index in [-0.39, 0.29) is 0 Å². The Hall–Kier alpha value is -1.32. The molecule has 3 heteroatoms. The summed E-state index contributed by atoms with van der Waals surface area (Å²) >= 11 is 0. The molecule has 21 heavy (non-hydrogen) atoms. The summed E-state index contributed by atoms with van der Waals surface area (Å²) in [7, 11) is 0. The minimum atomic E-state index is 0.301. The average Bonchev–Trinajstić information content (AvgIpc) is 3.42. The smallest absolute Gasteiger partial charge is 0.134 e. The summed E-state index contributed by atoms with van der Waals surface area (Å²) in [6, 6.07) is 8.61.